The lowest BCUT2D eigenvalue weighted by atomic mass is 9.93. The van der Waals surface area contributed by atoms with Gasteiger partial charge in [-0.1, -0.05) is 12.8 Å². The van der Waals surface area contributed by atoms with Crippen molar-refractivity contribution in [3.63, 3.8) is 0 Å². The van der Waals surface area contributed by atoms with E-state index in [-0.39, 0.29) is 5.97 Å². The van der Waals surface area contributed by atoms with Crippen LogP contribution in [0.15, 0.2) is 0 Å². The molecule has 0 aromatic rings. The van der Waals surface area contributed by atoms with Crippen LogP contribution < -0.4 is 0 Å². The Labute approximate surface area is 92.8 Å². The molecule has 1 aliphatic rings. The van der Waals surface area contributed by atoms with Gasteiger partial charge in [0.15, 0.2) is 0 Å². The lowest BCUT2D eigenvalue weighted by Crippen LogP contribution is -2.34. The van der Waals surface area contributed by atoms with Crippen molar-refractivity contribution in [1.29, 1.82) is 0 Å². The maximum absolute atomic E-state index is 11.1. The molecule has 0 amide bonds. The number of ether oxygens (including phenoxy) is 1. The molecule has 1 atom stereocenters. The van der Waals surface area contributed by atoms with Gasteiger partial charge in [0.25, 0.3) is 0 Å². The predicted octanol–water partition coefficient (Wildman–Crippen LogP) is 2.06. The lowest BCUT2D eigenvalue weighted by Gasteiger charge is -2.29. The molecule has 3 nitrogen and oxygen atoms in total. The summed E-state index contributed by atoms with van der Waals surface area (Å²) >= 11 is 0. The zero-order valence-electron chi connectivity index (χ0n) is 10.2. The van der Waals surface area contributed by atoms with Gasteiger partial charge in [0.2, 0.25) is 0 Å². The Morgan fingerprint density at radius 3 is 2.47 bits per heavy atom. The molecule has 0 N–H and O–H groups in total. The molecule has 3 heteroatoms. The van der Waals surface area contributed by atoms with Crippen LogP contribution in [0, 0.1) is 5.92 Å². The second kappa shape index (κ2) is 6.11. The predicted molar refractivity (Wildman–Crippen MR) is 60.7 cm³/mol. The van der Waals surface area contributed by atoms with Crippen LogP contribution >= 0.6 is 0 Å². The highest BCUT2D eigenvalue weighted by molar-refractivity contribution is 5.69. The van der Waals surface area contributed by atoms with Crippen molar-refractivity contribution < 1.29 is 9.53 Å². The van der Waals surface area contributed by atoms with Gasteiger partial charge in [-0.25, -0.2) is 0 Å². The minimum Gasteiger partial charge on any atom is -0.469 e. The Morgan fingerprint density at radius 2 is 2.00 bits per heavy atom. The van der Waals surface area contributed by atoms with Gasteiger partial charge < -0.3 is 9.64 Å². The van der Waals surface area contributed by atoms with Gasteiger partial charge in [-0.2, -0.15) is 0 Å². The summed E-state index contributed by atoms with van der Waals surface area (Å²) in [6, 6.07) is 0.548. The van der Waals surface area contributed by atoms with Crippen molar-refractivity contribution in [2.45, 2.75) is 44.6 Å². The number of hydrogen-bond acceptors (Lipinski definition) is 3. The van der Waals surface area contributed by atoms with Crippen LogP contribution in [0.4, 0.5) is 0 Å². The maximum Gasteiger partial charge on any atom is 0.305 e. The Bertz CT molecular complexity index is 198. The van der Waals surface area contributed by atoms with Crippen LogP contribution in [-0.2, 0) is 9.53 Å². The summed E-state index contributed by atoms with van der Waals surface area (Å²) in [7, 11) is 5.68. The molecule has 0 aliphatic heterocycles. The second-order valence-electron chi connectivity index (χ2n) is 4.69. The van der Waals surface area contributed by atoms with E-state index in [2.05, 4.69) is 23.7 Å². The summed E-state index contributed by atoms with van der Waals surface area (Å²) in [5.41, 5.74) is 0. The molecular formula is C12H23NO2. The van der Waals surface area contributed by atoms with Gasteiger partial charge >= 0.3 is 5.97 Å². The fourth-order valence-corrected chi connectivity index (χ4v) is 2.63. The highest BCUT2D eigenvalue weighted by atomic mass is 16.5. The van der Waals surface area contributed by atoms with Crippen LogP contribution in [0.3, 0.4) is 0 Å². The zero-order chi connectivity index (χ0) is 11.3. The number of methoxy groups -OCH3 is 1. The van der Waals surface area contributed by atoms with E-state index in [0.29, 0.717) is 12.5 Å². The van der Waals surface area contributed by atoms with Crippen molar-refractivity contribution in [2.24, 2.45) is 5.92 Å². The van der Waals surface area contributed by atoms with Crippen LogP contribution in [0.5, 0.6) is 0 Å². The summed E-state index contributed by atoms with van der Waals surface area (Å²) in [5, 5.41) is 0. The summed E-state index contributed by atoms with van der Waals surface area (Å²) in [6.45, 7) is 0. The van der Waals surface area contributed by atoms with E-state index >= 15 is 0 Å². The van der Waals surface area contributed by atoms with Gasteiger partial charge in [-0.15, -0.1) is 0 Å². The standard InChI is InChI=1S/C12H23NO2/c1-13(2)11(8-9-12(14)15-3)10-6-4-5-7-10/h10-11H,4-9H2,1-3H3. The molecular weight excluding hydrogens is 190 g/mol. The SMILES string of the molecule is COC(=O)CCC(C1CCCC1)N(C)C. The lowest BCUT2D eigenvalue weighted by molar-refractivity contribution is -0.141. The van der Waals surface area contributed by atoms with Gasteiger partial charge in [0.05, 0.1) is 7.11 Å². The Balaban J connectivity index is 2.39. The molecule has 1 aliphatic carbocycles. The van der Waals surface area contributed by atoms with Crippen molar-refractivity contribution in [2.75, 3.05) is 21.2 Å². The largest absolute Gasteiger partial charge is 0.469 e. The number of rotatable bonds is 5. The molecule has 1 saturated carbocycles. The van der Waals surface area contributed by atoms with Crippen LogP contribution in [0.25, 0.3) is 0 Å². The second-order valence-corrected chi connectivity index (χ2v) is 4.69. The molecule has 88 valence electrons. The third kappa shape index (κ3) is 3.82. The summed E-state index contributed by atoms with van der Waals surface area (Å²) < 4.78 is 4.69. The quantitative estimate of drug-likeness (QED) is 0.655. The Kier molecular flexibility index (Phi) is 5.09. The average molecular weight is 213 g/mol. The Hall–Kier alpha value is -0.570. The topological polar surface area (TPSA) is 29.5 Å². The minimum atomic E-state index is -0.0835. The molecule has 0 spiro atoms. The molecule has 15 heavy (non-hydrogen) atoms. The smallest absolute Gasteiger partial charge is 0.305 e. The third-order valence-corrected chi connectivity index (χ3v) is 3.48. The molecule has 0 aromatic carbocycles. The van der Waals surface area contributed by atoms with Crippen molar-refractivity contribution in [3.8, 4) is 0 Å². The van der Waals surface area contributed by atoms with Gasteiger partial charge in [0.1, 0.15) is 0 Å². The van der Waals surface area contributed by atoms with Gasteiger partial charge in [-0.05, 0) is 39.3 Å². The first-order valence-corrected chi connectivity index (χ1v) is 5.88. The first kappa shape index (κ1) is 12.5. The Morgan fingerprint density at radius 1 is 1.40 bits per heavy atom. The van der Waals surface area contributed by atoms with E-state index in [1.165, 1.54) is 32.8 Å². The summed E-state index contributed by atoms with van der Waals surface area (Å²) in [5.74, 6) is 0.699. The monoisotopic (exact) mass is 213 g/mol. The maximum atomic E-state index is 11.1. The van der Waals surface area contributed by atoms with Crippen LogP contribution in [0.2, 0.25) is 0 Å². The number of hydrogen-bond donors (Lipinski definition) is 0. The fraction of sp³-hybridized carbons (Fsp3) is 0.917. The molecule has 0 saturated heterocycles. The molecule has 1 unspecified atom stereocenters. The van der Waals surface area contributed by atoms with Gasteiger partial charge in [-0.3, -0.25) is 4.79 Å². The molecule has 0 bridgehead atoms. The highest BCUT2D eigenvalue weighted by Crippen LogP contribution is 2.31. The van der Waals surface area contributed by atoms with E-state index in [1.807, 2.05) is 0 Å². The summed E-state index contributed by atoms with van der Waals surface area (Å²) in [6.07, 6.45) is 6.84. The van der Waals surface area contributed by atoms with Crippen LogP contribution in [0.1, 0.15) is 38.5 Å². The molecule has 0 aromatic heterocycles. The number of carbonyl (C=O) groups excluding carboxylic acids is 1. The summed E-state index contributed by atoms with van der Waals surface area (Å²) in [4.78, 5) is 13.4. The zero-order valence-corrected chi connectivity index (χ0v) is 10.2. The minimum absolute atomic E-state index is 0.0835. The van der Waals surface area contributed by atoms with E-state index in [9.17, 15) is 4.79 Å². The van der Waals surface area contributed by atoms with E-state index in [4.69, 9.17) is 0 Å². The average Bonchev–Trinajstić information content (AvgIpc) is 2.70. The van der Waals surface area contributed by atoms with Crippen molar-refractivity contribution in [3.05, 3.63) is 0 Å². The highest BCUT2D eigenvalue weighted by Gasteiger charge is 2.26. The van der Waals surface area contributed by atoms with Crippen molar-refractivity contribution in [1.82, 2.24) is 4.90 Å². The van der Waals surface area contributed by atoms with E-state index in [0.717, 1.165) is 12.3 Å². The number of nitrogens with zero attached hydrogens (tertiary/aromatic N) is 1. The van der Waals surface area contributed by atoms with E-state index < -0.39 is 0 Å². The van der Waals surface area contributed by atoms with Crippen molar-refractivity contribution >= 4 is 5.97 Å². The first-order chi connectivity index (χ1) is 7.15. The van der Waals surface area contributed by atoms with E-state index in [1.54, 1.807) is 0 Å². The fourth-order valence-electron chi connectivity index (χ4n) is 2.63. The molecule has 1 rings (SSSR count). The van der Waals surface area contributed by atoms with Gasteiger partial charge in [0, 0.05) is 12.5 Å². The number of carbonyl (C=O) groups is 1. The molecule has 1 fully saturated rings. The normalized spacial score (nSPS) is 19.5. The molecule has 0 radical (unpaired) electrons. The number of esters is 1. The van der Waals surface area contributed by atoms with Crippen LogP contribution in [-0.4, -0.2) is 38.1 Å². The first-order valence-electron chi connectivity index (χ1n) is 5.88. The third-order valence-electron chi connectivity index (χ3n) is 3.48. The molecule has 0 heterocycles.